The highest BCUT2D eigenvalue weighted by atomic mass is 32.2. The molecule has 196 valence electrons. The van der Waals surface area contributed by atoms with Crippen LogP contribution in [-0.2, 0) is 16.2 Å². The van der Waals surface area contributed by atoms with Crippen LogP contribution in [0.25, 0.3) is 15.9 Å². The number of H-pyrrole nitrogens is 1. The maximum atomic E-state index is 13.0. The van der Waals surface area contributed by atoms with Crippen molar-refractivity contribution in [2.75, 3.05) is 18.4 Å². The average Bonchev–Trinajstić information content (AvgIpc) is 3.23. The van der Waals surface area contributed by atoms with E-state index in [9.17, 15) is 21.6 Å². The molecular formula is C20H52F3N5O2S. The second kappa shape index (κ2) is 7.86. The van der Waals surface area contributed by atoms with Crippen LogP contribution in [0, 0.1) is 6.57 Å². The van der Waals surface area contributed by atoms with Crippen molar-refractivity contribution in [2.24, 2.45) is 0 Å². The van der Waals surface area contributed by atoms with E-state index in [2.05, 4.69) is 20.1 Å². The van der Waals surface area contributed by atoms with Gasteiger partial charge in [0, 0.05) is 61.2 Å². The Balaban J connectivity index is -0.0000000567. The molecule has 3 aromatic rings. The first-order valence-corrected chi connectivity index (χ1v) is 10.9. The van der Waals surface area contributed by atoms with Crippen LogP contribution in [0.3, 0.4) is 0 Å². The fourth-order valence-corrected chi connectivity index (χ4v) is 5.18. The third-order valence-electron chi connectivity index (χ3n) is 5.29. The van der Waals surface area contributed by atoms with Crippen LogP contribution >= 0.6 is 0 Å². The fourth-order valence-electron chi connectivity index (χ4n) is 3.66. The largest absolute Gasteiger partial charge is 0.416 e. The van der Waals surface area contributed by atoms with E-state index in [0.717, 1.165) is 17.5 Å². The minimum absolute atomic E-state index is 0. The smallest absolute Gasteiger partial charge is 0.390 e. The summed E-state index contributed by atoms with van der Waals surface area (Å²) in [6, 6.07) is 5.51. The van der Waals surface area contributed by atoms with Crippen molar-refractivity contribution in [3.63, 3.8) is 0 Å². The van der Waals surface area contributed by atoms with Crippen LogP contribution in [-0.4, -0.2) is 41.8 Å². The Morgan fingerprint density at radius 1 is 1.26 bits per heavy atom. The van der Waals surface area contributed by atoms with E-state index in [1.165, 1.54) is 16.6 Å². The van der Waals surface area contributed by atoms with Crippen LogP contribution in [0.15, 0.2) is 47.6 Å². The molecule has 0 radical (unpaired) electrons. The maximum absolute atomic E-state index is 13.0. The molecule has 2 N–H and O–H groups in total. The average molecular weight is 484 g/mol. The number of benzene rings is 1. The predicted octanol–water partition coefficient (Wildman–Crippen LogP) is 8.58. The lowest BCUT2D eigenvalue weighted by Crippen LogP contribution is -2.42. The summed E-state index contributed by atoms with van der Waals surface area (Å²) in [6.45, 7) is 7.68. The summed E-state index contributed by atoms with van der Waals surface area (Å²) in [5.74, 6) is 0. The zero-order chi connectivity index (χ0) is 22.2. The molecule has 0 saturated carbocycles. The molecule has 31 heavy (non-hydrogen) atoms. The van der Waals surface area contributed by atoms with E-state index >= 15 is 0 Å². The van der Waals surface area contributed by atoms with E-state index < -0.39 is 21.8 Å². The fraction of sp³-hybridized carbons (Fsp3) is 0.300. The quantitative estimate of drug-likeness (QED) is 0.364. The Morgan fingerprint density at radius 2 is 2.00 bits per heavy atom. The lowest BCUT2D eigenvalue weighted by Gasteiger charge is -2.32. The molecule has 0 aliphatic carbocycles. The summed E-state index contributed by atoms with van der Waals surface area (Å²) in [4.78, 5) is 10.3. The number of pyridine rings is 1. The highest BCUT2D eigenvalue weighted by Crippen LogP contribution is 2.34. The van der Waals surface area contributed by atoms with Gasteiger partial charge in [0.15, 0.2) is 0 Å². The van der Waals surface area contributed by atoms with Gasteiger partial charge in [0.2, 0.25) is 15.7 Å². The SMILES string of the molecule is [C-]#[N+]c1cnc2[nH]ccc2c1NC1CCN(S(=O)(=O)c2cccc(C(F)(F)F)c2)CC1.[HH].[HH].[HH].[HH].[HH].[HH].[HH].[HH].[HH].[HH].[HH].[HH].[HH].[HH].[HH].[HH].[HH]. The molecule has 7 nitrogen and oxygen atoms in total. The monoisotopic (exact) mass is 483 g/mol. The van der Waals surface area contributed by atoms with Gasteiger partial charge < -0.3 is 10.3 Å². The number of aromatic nitrogens is 2. The Morgan fingerprint density at radius 3 is 2.68 bits per heavy atom. The lowest BCUT2D eigenvalue weighted by atomic mass is 10.1. The van der Waals surface area contributed by atoms with E-state index in [0.29, 0.717) is 35.9 Å². The van der Waals surface area contributed by atoms with Gasteiger partial charge in [-0.05, 0) is 37.1 Å². The van der Waals surface area contributed by atoms with Crippen molar-refractivity contribution in [1.82, 2.24) is 14.3 Å². The Bertz CT molecular complexity index is 1300. The van der Waals surface area contributed by atoms with Gasteiger partial charge >= 0.3 is 6.18 Å². The van der Waals surface area contributed by atoms with Crippen molar-refractivity contribution in [3.05, 3.63) is 59.7 Å². The van der Waals surface area contributed by atoms with E-state index in [1.54, 1.807) is 6.20 Å². The normalized spacial score (nSPS) is 16.3. The van der Waals surface area contributed by atoms with Crippen LogP contribution in [0.4, 0.5) is 24.5 Å². The van der Waals surface area contributed by atoms with Crippen LogP contribution in [0.5, 0.6) is 0 Å². The second-order valence-corrected chi connectivity index (χ2v) is 9.16. The number of alkyl halides is 3. The molecule has 3 heterocycles. The molecule has 1 aromatic carbocycles. The van der Waals surface area contributed by atoms with E-state index in [4.69, 9.17) is 6.57 Å². The summed E-state index contributed by atoms with van der Waals surface area (Å²) >= 11 is 0. The minimum Gasteiger partial charge on any atom is -0.390 e. The molecule has 11 heteroatoms. The third-order valence-corrected chi connectivity index (χ3v) is 7.18. The molecule has 0 unspecified atom stereocenters. The zero-order valence-corrected chi connectivity index (χ0v) is 17.0. The number of nitrogens with zero attached hydrogens (tertiary/aromatic N) is 3. The summed E-state index contributed by atoms with van der Waals surface area (Å²) in [7, 11) is -4.04. The standard InChI is InChI=1S/C20H18F3N5O2S.17H2/c1-24-17-12-26-19-16(5-8-25-19)18(17)27-14-6-9-28(10-7-14)31(29,30)15-4-2-3-13(11-15)20(21,22)23;;;;;;;;;;;;;;;;;/h2-5,8,11-12,14H,6-7,9-10H2,(H2,25,26,27);17*1H. The highest BCUT2D eigenvalue weighted by molar-refractivity contribution is 7.89. The van der Waals surface area contributed by atoms with Gasteiger partial charge in [-0.25, -0.2) is 13.3 Å². The predicted molar refractivity (Wildman–Crippen MR) is 145 cm³/mol. The Hall–Kier alpha value is -3.10. The molecule has 1 saturated heterocycles. The van der Waals surface area contributed by atoms with E-state index in [1.807, 2.05) is 6.07 Å². The summed E-state index contributed by atoms with van der Waals surface area (Å²) in [5, 5.41) is 4.10. The number of hydrogen-bond donors (Lipinski definition) is 2. The molecule has 1 aliphatic rings. The zero-order valence-electron chi connectivity index (χ0n) is 16.1. The highest BCUT2D eigenvalue weighted by Gasteiger charge is 2.34. The number of rotatable bonds is 4. The van der Waals surface area contributed by atoms with Gasteiger partial charge in [0.05, 0.1) is 22.7 Å². The number of anilines is 1. The summed E-state index contributed by atoms with van der Waals surface area (Å²) < 4.78 is 65.8. The number of hydrogen-bond acceptors (Lipinski definition) is 4. The first kappa shape index (κ1) is 21.1. The summed E-state index contributed by atoms with van der Waals surface area (Å²) in [6.07, 6.45) is -0.521. The van der Waals surface area contributed by atoms with Crippen molar-refractivity contribution < 1.29 is 45.8 Å². The van der Waals surface area contributed by atoms with Crippen LogP contribution in [0.2, 0.25) is 0 Å². The number of fused-ring (bicyclic) bond motifs is 1. The number of nitrogens with one attached hydrogen (secondary N) is 2. The minimum atomic E-state index is -4.61. The van der Waals surface area contributed by atoms with Gasteiger partial charge in [-0.3, -0.25) is 4.98 Å². The number of halogens is 3. The van der Waals surface area contributed by atoms with Gasteiger partial charge in [0.25, 0.3) is 0 Å². The van der Waals surface area contributed by atoms with Gasteiger partial charge in [-0.1, -0.05) is 6.07 Å². The molecule has 4 rings (SSSR count). The van der Waals surface area contributed by atoms with Crippen molar-refractivity contribution in [2.45, 2.75) is 30.0 Å². The molecule has 0 spiro atoms. The third kappa shape index (κ3) is 4.08. The van der Waals surface area contributed by atoms with Crippen molar-refractivity contribution in [3.8, 4) is 0 Å². The number of sulfonamides is 1. The van der Waals surface area contributed by atoms with Gasteiger partial charge in [-0.15, -0.1) is 0 Å². The van der Waals surface area contributed by atoms with Gasteiger partial charge in [-0.2, -0.15) is 17.5 Å². The molecule has 1 aliphatic heterocycles. The molecular weight excluding hydrogens is 431 g/mol. The topological polar surface area (TPSA) is 82.4 Å². The molecule has 2 aromatic heterocycles. The molecule has 1 fully saturated rings. The second-order valence-electron chi connectivity index (χ2n) is 7.22. The van der Waals surface area contributed by atoms with E-state index in [-0.39, 0.29) is 48.3 Å². The maximum Gasteiger partial charge on any atom is 0.416 e. The Labute approximate surface area is 202 Å². The van der Waals surface area contributed by atoms with Crippen molar-refractivity contribution in [1.29, 1.82) is 0 Å². The summed E-state index contributed by atoms with van der Waals surface area (Å²) in [5.41, 5.74) is 0.649. The first-order chi connectivity index (χ1) is 14.7. The van der Waals surface area contributed by atoms with Crippen LogP contribution in [0.1, 0.15) is 42.7 Å². The molecule has 0 atom stereocenters. The Kier molecular flexibility index (Phi) is 5.36. The van der Waals surface area contributed by atoms with Crippen LogP contribution < -0.4 is 5.32 Å². The number of piperidine rings is 1. The molecule has 0 amide bonds. The van der Waals surface area contributed by atoms with Gasteiger partial charge in [0.1, 0.15) is 5.65 Å². The molecule has 0 bridgehead atoms. The number of aromatic amines is 1. The lowest BCUT2D eigenvalue weighted by molar-refractivity contribution is -0.137. The van der Waals surface area contributed by atoms with Crippen molar-refractivity contribution >= 4 is 32.4 Å². The first-order valence-electron chi connectivity index (χ1n) is 9.47.